The van der Waals surface area contributed by atoms with E-state index in [4.69, 9.17) is 12.2 Å². The summed E-state index contributed by atoms with van der Waals surface area (Å²) >= 11 is 1.54. The quantitative estimate of drug-likeness (QED) is 0.357. The molecule has 0 fully saturated rings. The van der Waals surface area contributed by atoms with Crippen molar-refractivity contribution >= 4 is 17.4 Å². The fraction of sp³-hybridized carbons (Fsp3) is 0.273. The second kappa shape index (κ2) is 5.56. The van der Waals surface area contributed by atoms with Gasteiger partial charge in [0.25, 0.3) is 0 Å². The first-order valence-electron chi connectivity index (χ1n) is 4.35. The monoisotopic (exact) mass is 209 g/mol. The van der Waals surface area contributed by atoms with Crippen LogP contribution in [0.5, 0.6) is 0 Å². The molecule has 0 aliphatic rings. The van der Waals surface area contributed by atoms with Gasteiger partial charge in [0.15, 0.2) is 0 Å². The number of thioether (sulfide) groups is 1. The third-order valence-corrected chi connectivity index (χ3v) is 2.86. The number of halogens is 1. The molecular weight excluding hydrogens is 197 g/mol. The minimum atomic E-state index is -0.251. The number of nitrogen functional groups attached to an aromatic ring is 1. The van der Waals surface area contributed by atoms with Gasteiger partial charge in [0.1, 0.15) is 5.82 Å². The van der Waals surface area contributed by atoms with Gasteiger partial charge in [-0.05, 0) is 30.4 Å². The number of terminal acetylenes is 1. The van der Waals surface area contributed by atoms with Crippen LogP contribution in [-0.4, -0.2) is 5.75 Å². The number of hydrogen-bond acceptors (Lipinski definition) is 2. The molecule has 0 atom stereocenters. The van der Waals surface area contributed by atoms with Crippen LogP contribution in [0.25, 0.3) is 0 Å². The number of anilines is 1. The first-order chi connectivity index (χ1) is 6.74. The fourth-order valence-electron chi connectivity index (χ4n) is 0.990. The van der Waals surface area contributed by atoms with Crippen molar-refractivity contribution in [2.24, 2.45) is 0 Å². The normalized spacial score (nSPS) is 9.71. The van der Waals surface area contributed by atoms with E-state index < -0.39 is 0 Å². The maximum atomic E-state index is 12.8. The Balaban J connectivity index is 2.50. The Labute approximate surface area is 87.9 Å². The molecule has 1 aromatic carbocycles. The van der Waals surface area contributed by atoms with Gasteiger partial charge in [-0.1, -0.05) is 0 Å². The van der Waals surface area contributed by atoms with Crippen LogP contribution in [0, 0.1) is 18.2 Å². The van der Waals surface area contributed by atoms with Crippen LogP contribution in [-0.2, 0) is 0 Å². The van der Waals surface area contributed by atoms with E-state index >= 15 is 0 Å². The molecular formula is C11H12FNS. The zero-order valence-electron chi connectivity index (χ0n) is 7.79. The van der Waals surface area contributed by atoms with E-state index in [0.29, 0.717) is 5.69 Å². The number of nitrogens with two attached hydrogens (primary N) is 1. The van der Waals surface area contributed by atoms with Crippen LogP contribution in [0.2, 0.25) is 0 Å². The predicted octanol–water partition coefficient (Wildman–Crippen LogP) is 2.91. The Hall–Kier alpha value is -1.14. The molecule has 0 aliphatic carbocycles. The first kappa shape index (κ1) is 10.9. The van der Waals surface area contributed by atoms with Crippen molar-refractivity contribution in [1.82, 2.24) is 0 Å². The summed E-state index contributed by atoms with van der Waals surface area (Å²) in [6.07, 6.45) is 6.80. The smallest absolute Gasteiger partial charge is 0.124 e. The maximum absolute atomic E-state index is 12.8. The minimum absolute atomic E-state index is 0.251. The maximum Gasteiger partial charge on any atom is 0.124 e. The first-order valence-corrected chi connectivity index (χ1v) is 5.34. The lowest BCUT2D eigenvalue weighted by molar-refractivity contribution is 0.624. The van der Waals surface area contributed by atoms with Crippen molar-refractivity contribution in [3.8, 4) is 12.3 Å². The van der Waals surface area contributed by atoms with E-state index in [1.165, 1.54) is 12.1 Å². The van der Waals surface area contributed by atoms with Crippen LogP contribution in [0.4, 0.5) is 10.1 Å². The van der Waals surface area contributed by atoms with Gasteiger partial charge in [-0.15, -0.1) is 24.1 Å². The van der Waals surface area contributed by atoms with Crippen molar-refractivity contribution in [2.45, 2.75) is 17.7 Å². The summed E-state index contributed by atoms with van der Waals surface area (Å²) in [6.45, 7) is 0. The minimum Gasteiger partial charge on any atom is -0.398 e. The lowest BCUT2D eigenvalue weighted by Crippen LogP contribution is -1.90. The molecule has 0 amide bonds. The van der Waals surface area contributed by atoms with Crippen molar-refractivity contribution in [3.63, 3.8) is 0 Å². The van der Waals surface area contributed by atoms with E-state index in [-0.39, 0.29) is 5.82 Å². The average molecular weight is 209 g/mol. The van der Waals surface area contributed by atoms with Gasteiger partial charge in [-0.25, -0.2) is 4.39 Å². The average Bonchev–Trinajstić information content (AvgIpc) is 2.18. The number of rotatable bonds is 4. The molecule has 2 N–H and O–H groups in total. The van der Waals surface area contributed by atoms with Crippen LogP contribution in [0.1, 0.15) is 12.8 Å². The highest BCUT2D eigenvalue weighted by atomic mass is 32.2. The molecule has 1 rings (SSSR count). The Morgan fingerprint density at radius 2 is 2.29 bits per heavy atom. The highest BCUT2D eigenvalue weighted by Gasteiger charge is 2.01. The molecule has 1 nitrogen and oxygen atoms in total. The molecule has 3 heteroatoms. The molecule has 0 unspecified atom stereocenters. The fourth-order valence-corrected chi connectivity index (χ4v) is 1.93. The second-order valence-electron chi connectivity index (χ2n) is 2.84. The lowest BCUT2D eigenvalue weighted by Gasteiger charge is -2.04. The summed E-state index contributed by atoms with van der Waals surface area (Å²) < 4.78 is 12.8. The summed E-state index contributed by atoms with van der Waals surface area (Å²) in [6, 6.07) is 4.40. The van der Waals surface area contributed by atoms with Crippen LogP contribution in [0.15, 0.2) is 23.1 Å². The van der Waals surface area contributed by atoms with E-state index in [1.807, 2.05) is 0 Å². The zero-order chi connectivity index (χ0) is 10.4. The Morgan fingerprint density at radius 1 is 1.50 bits per heavy atom. The largest absolute Gasteiger partial charge is 0.398 e. The van der Waals surface area contributed by atoms with Crippen LogP contribution in [0.3, 0.4) is 0 Å². The Bertz CT molecular complexity index is 344. The third kappa shape index (κ3) is 3.31. The van der Waals surface area contributed by atoms with Gasteiger partial charge >= 0.3 is 0 Å². The van der Waals surface area contributed by atoms with Crippen LogP contribution >= 0.6 is 11.8 Å². The molecule has 0 saturated carbocycles. The van der Waals surface area contributed by atoms with Gasteiger partial charge in [-0.2, -0.15) is 0 Å². The van der Waals surface area contributed by atoms with Crippen molar-refractivity contribution < 1.29 is 4.39 Å². The summed E-state index contributed by atoms with van der Waals surface area (Å²) in [5, 5.41) is 0. The number of unbranched alkanes of at least 4 members (excludes halogenated alkanes) is 1. The van der Waals surface area contributed by atoms with Gasteiger partial charge in [0.05, 0.1) is 0 Å². The molecule has 0 bridgehead atoms. The summed E-state index contributed by atoms with van der Waals surface area (Å²) in [7, 11) is 0. The molecule has 0 aromatic heterocycles. The van der Waals surface area contributed by atoms with E-state index in [2.05, 4.69) is 5.92 Å². The van der Waals surface area contributed by atoms with Crippen molar-refractivity contribution in [3.05, 3.63) is 24.0 Å². The number of hydrogen-bond donors (Lipinski definition) is 1. The van der Waals surface area contributed by atoms with Gasteiger partial charge in [0.2, 0.25) is 0 Å². The van der Waals surface area contributed by atoms with Crippen molar-refractivity contribution in [1.29, 1.82) is 0 Å². The topological polar surface area (TPSA) is 26.0 Å². The van der Waals surface area contributed by atoms with E-state index in [0.717, 1.165) is 23.5 Å². The van der Waals surface area contributed by atoms with Crippen molar-refractivity contribution in [2.75, 3.05) is 11.5 Å². The zero-order valence-corrected chi connectivity index (χ0v) is 8.61. The Morgan fingerprint density at radius 3 is 3.00 bits per heavy atom. The molecule has 0 saturated heterocycles. The predicted molar refractivity (Wildman–Crippen MR) is 59.6 cm³/mol. The van der Waals surface area contributed by atoms with Crippen LogP contribution < -0.4 is 5.73 Å². The van der Waals surface area contributed by atoms with Gasteiger partial charge in [-0.3, -0.25) is 0 Å². The third-order valence-electron chi connectivity index (χ3n) is 1.70. The van der Waals surface area contributed by atoms with E-state index in [9.17, 15) is 4.39 Å². The standard InChI is InChI=1S/C11H12FNS/c1-2-3-4-7-14-11-8-9(12)5-6-10(11)13/h1,5-6,8H,3-4,7,13H2. The number of benzene rings is 1. The molecule has 0 spiro atoms. The summed E-state index contributed by atoms with van der Waals surface area (Å²) in [5.41, 5.74) is 6.30. The summed E-state index contributed by atoms with van der Waals surface area (Å²) in [4.78, 5) is 0.794. The molecule has 0 heterocycles. The SMILES string of the molecule is C#CCCCSc1cc(F)ccc1N. The lowest BCUT2D eigenvalue weighted by atomic mass is 10.3. The molecule has 0 radical (unpaired) electrons. The molecule has 1 aromatic rings. The van der Waals surface area contributed by atoms with E-state index in [1.54, 1.807) is 17.8 Å². The molecule has 74 valence electrons. The Kier molecular flexibility index (Phi) is 4.34. The van der Waals surface area contributed by atoms with Gasteiger partial charge in [0, 0.05) is 17.0 Å². The molecule has 0 aliphatic heterocycles. The van der Waals surface area contributed by atoms with Gasteiger partial charge < -0.3 is 5.73 Å². The molecule has 14 heavy (non-hydrogen) atoms. The highest BCUT2D eigenvalue weighted by molar-refractivity contribution is 7.99. The second-order valence-corrected chi connectivity index (χ2v) is 3.98. The highest BCUT2D eigenvalue weighted by Crippen LogP contribution is 2.26. The summed E-state index contributed by atoms with van der Waals surface area (Å²) in [5.74, 6) is 3.18.